The number of hydrogen-bond donors (Lipinski definition) is 2. The van der Waals surface area contributed by atoms with Crippen LogP contribution < -0.4 is 10.5 Å². The highest BCUT2D eigenvalue weighted by Gasteiger charge is 2.05. The second-order valence-electron chi connectivity index (χ2n) is 6.01. The summed E-state index contributed by atoms with van der Waals surface area (Å²) in [6.45, 7) is 3.17. The Hall–Kier alpha value is -1.06. The Morgan fingerprint density at radius 3 is 2.14 bits per heavy atom. The first-order valence-electron chi connectivity index (χ1n) is 8.87. The Balaban J connectivity index is 2.07. The van der Waals surface area contributed by atoms with Gasteiger partial charge in [-0.15, -0.1) is 0 Å². The Bertz CT molecular complexity index is 364. The van der Waals surface area contributed by atoms with Gasteiger partial charge in [0.1, 0.15) is 5.75 Å². The van der Waals surface area contributed by atoms with Crippen molar-refractivity contribution < 1.29 is 9.84 Å². The van der Waals surface area contributed by atoms with E-state index in [2.05, 4.69) is 6.92 Å². The number of hydrogen-bond acceptors (Lipinski definition) is 3. The molecule has 1 rings (SSSR count). The van der Waals surface area contributed by atoms with E-state index in [0.717, 1.165) is 24.3 Å². The third kappa shape index (κ3) is 8.40. The SMILES string of the molecule is CCCCCCCCCCOc1ccc(C(N)CCO)cc1. The summed E-state index contributed by atoms with van der Waals surface area (Å²) in [6.07, 6.45) is 11.1. The summed E-state index contributed by atoms with van der Waals surface area (Å²) < 4.78 is 5.76. The summed E-state index contributed by atoms with van der Waals surface area (Å²) in [4.78, 5) is 0. The minimum absolute atomic E-state index is 0.0910. The van der Waals surface area contributed by atoms with Crippen LogP contribution in [0.5, 0.6) is 5.75 Å². The van der Waals surface area contributed by atoms with Gasteiger partial charge in [0.25, 0.3) is 0 Å². The van der Waals surface area contributed by atoms with E-state index in [4.69, 9.17) is 15.6 Å². The van der Waals surface area contributed by atoms with Gasteiger partial charge in [-0.2, -0.15) is 0 Å². The molecule has 0 aliphatic heterocycles. The lowest BCUT2D eigenvalue weighted by atomic mass is 10.1. The van der Waals surface area contributed by atoms with Crippen molar-refractivity contribution in [2.75, 3.05) is 13.2 Å². The molecule has 1 aromatic rings. The van der Waals surface area contributed by atoms with Crippen molar-refractivity contribution in [1.82, 2.24) is 0 Å². The zero-order valence-electron chi connectivity index (χ0n) is 14.1. The van der Waals surface area contributed by atoms with Gasteiger partial charge in [0.15, 0.2) is 0 Å². The fourth-order valence-corrected chi connectivity index (χ4v) is 2.54. The lowest BCUT2D eigenvalue weighted by Crippen LogP contribution is -2.11. The Labute approximate surface area is 135 Å². The quantitative estimate of drug-likeness (QED) is 0.524. The van der Waals surface area contributed by atoms with E-state index in [1.54, 1.807) is 0 Å². The van der Waals surface area contributed by atoms with Crippen LogP contribution in [0, 0.1) is 0 Å². The molecule has 1 atom stereocenters. The number of nitrogens with two attached hydrogens (primary N) is 1. The van der Waals surface area contributed by atoms with Crippen LogP contribution in [0.1, 0.15) is 76.3 Å². The van der Waals surface area contributed by atoms with Crippen molar-refractivity contribution in [2.24, 2.45) is 5.73 Å². The highest BCUT2D eigenvalue weighted by Crippen LogP contribution is 2.18. The van der Waals surface area contributed by atoms with Crippen molar-refractivity contribution in [2.45, 2.75) is 70.8 Å². The van der Waals surface area contributed by atoms with Gasteiger partial charge < -0.3 is 15.6 Å². The molecule has 3 nitrogen and oxygen atoms in total. The molecular weight excluding hydrogens is 274 g/mol. The molecule has 0 aliphatic rings. The zero-order valence-corrected chi connectivity index (χ0v) is 14.1. The van der Waals surface area contributed by atoms with Gasteiger partial charge in [-0.25, -0.2) is 0 Å². The normalized spacial score (nSPS) is 12.3. The van der Waals surface area contributed by atoms with Gasteiger partial charge >= 0.3 is 0 Å². The molecule has 0 amide bonds. The largest absolute Gasteiger partial charge is 0.494 e. The van der Waals surface area contributed by atoms with Gasteiger partial charge in [-0.05, 0) is 30.5 Å². The number of aliphatic hydroxyl groups is 1. The molecular formula is C19H33NO2. The maximum atomic E-state index is 8.90. The van der Waals surface area contributed by atoms with Crippen molar-refractivity contribution in [3.63, 3.8) is 0 Å². The molecule has 0 aliphatic carbocycles. The third-order valence-corrected chi connectivity index (χ3v) is 4.01. The molecule has 3 heteroatoms. The number of ether oxygens (including phenoxy) is 1. The predicted octanol–water partition coefficient (Wildman–Crippen LogP) is 4.59. The molecule has 0 radical (unpaired) electrons. The Morgan fingerprint density at radius 2 is 1.55 bits per heavy atom. The van der Waals surface area contributed by atoms with E-state index >= 15 is 0 Å². The van der Waals surface area contributed by atoms with Crippen LogP contribution >= 0.6 is 0 Å². The standard InChI is InChI=1S/C19H33NO2/c1-2-3-4-5-6-7-8-9-16-22-18-12-10-17(11-13-18)19(20)14-15-21/h10-13,19,21H,2-9,14-16,20H2,1H3. The molecule has 0 bridgehead atoms. The van der Waals surface area contributed by atoms with Crippen LogP contribution in [0.15, 0.2) is 24.3 Å². The summed E-state index contributed by atoms with van der Waals surface area (Å²) in [7, 11) is 0. The number of rotatable bonds is 13. The highest BCUT2D eigenvalue weighted by molar-refractivity contribution is 5.29. The van der Waals surface area contributed by atoms with Gasteiger partial charge in [-0.1, -0.05) is 64.0 Å². The molecule has 3 N–H and O–H groups in total. The first kappa shape index (κ1) is 19.0. The van der Waals surface area contributed by atoms with Gasteiger partial charge in [0.2, 0.25) is 0 Å². The van der Waals surface area contributed by atoms with Gasteiger partial charge in [0.05, 0.1) is 6.61 Å². The van der Waals surface area contributed by atoms with Gasteiger partial charge in [0, 0.05) is 12.6 Å². The first-order valence-corrected chi connectivity index (χ1v) is 8.87. The van der Waals surface area contributed by atoms with Crippen LogP contribution in [0.4, 0.5) is 0 Å². The van der Waals surface area contributed by atoms with Crippen molar-refractivity contribution in [3.8, 4) is 5.75 Å². The maximum Gasteiger partial charge on any atom is 0.119 e. The van der Waals surface area contributed by atoms with Crippen LogP contribution in [-0.2, 0) is 0 Å². The van der Waals surface area contributed by atoms with E-state index in [9.17, 15) is 0 Å². The van der Waals surface area contributed by atoms with Crippen LogP contribution in [-0.4, -0.2) is 18.3 Å². The molecule has 0 aromatic heterocycles. The molecule has 0 saturated heterocycles. The summed E-state index contributed by atoms with van der Waals surface area (Å²) in [5.74, 6) is 0.905. The monoisotopic (exact) mass is 307 g/mol. The minimum Gasteiger partial charge on any atom is -0.494 e. The van der Waals surface area contributed by atoms with Crippen LogP contribution in [0.25, 0.3) is 0 Å². The van der Waals surface area contributed by atoms with E-state index in [1.807, 2.05) is 24.3 Å². The smallest absolute Gasteiger partial charge is 0.119 e. The van der Waals surface area contributed by atoms with Gasteiger partial charge in [-0.3, -0.25) is 0 Å². The first-order chi connectivity index (χ1) is 10.8. The molecule has 22 heavy (non-hydrogen) atoms. The topological polar surface area (TPSA) is 55.5 Å². The predicted molar refractivity (Wildman–Crippen MR) is 93.2 cm³/mol. The molecule has 1 unspecified atom stereocenters. The second-order valence-corrected chi connectivity index (χ2v) is 6.01. The highest BCUT2D eigenvalue weighted by atomic mass is 16.5. The maximum absolute atomic E-state index is 8.90. The van der Waals surface area contributed by atoms with Crippen molar-refractivity contribution in [3.05, 3.63) is 29.8 Å². The molecule has 126 valence electrons. The summed E-state index contributed by atoms with van der Waals surface area (Å²) in [6, 6.07) is 7.83. The molecule has 0 spiro atoms. The van der Waals surface area contributed by atoms with Crippen molar-refractivity contribution >= 4 is 0 Å². The number of benzene rings is 1. The fourth-order valence-electron chi connectivity index (χ4n) is 2.54. The lowest BCUT2D eigenvalue weighted by Gasteiger charge is -2.11. The Morgan fingerprint density at radius 1 is 0.955 bits per heavy atom. The number of unbranched alkanes of at least 4 members (excludes halogenated alkanes) is 7. The summed E-state index contributed by atoms with van der Waals surface area (Å²) in [5.41, 5.74) is 7.00. The summed E-state index contributed by atoms with van der Waals surface area (Å²) >= 11 is 0. The fraction of sp³-hybridized carbons (Fsp3) is 0.684. The molecule has 0 saturated carbocycles. The average molecular weight is 307 g/mol. The van der Waals surface area contributed by atoms with E-state index in [1.165, 1.54) is 44.9 Å². The Kier molecular flexibility index (Phi) is 10.8. The zero-order chi connectivity index (χ0) is 16.0. The average Bonchev–Trinajstić information content (AvgIpc) is 2.54. The van der Waals surface area contributed by atoms with Crippen molar-refractivity contribution in [1.29, 1.82) is 0 Å². The van der Waals surface area contributed by atoms with Crippen LogP contribution in [0.2, 0.25) is 0 Å². The summed E-state index contributed by atoms with van der Waals surface area (Å²) in [5, 5.41) is 8.90. The van der Waals surface area contributed by atoms with Crippen LogP contribution in [0.3, 0.4) is 0 Å². The third-order valence-electron chi connectivity index (χ3n) is 4.01. The minimum atomic E-state index is -0.0910. The second kappa shape index (κ2) is 12.5. The molecule has 0 fully saturated rings. The van der Waals surface area contributed by atoms with E-state index in [0.29, 0.717) is 6.42 Å². The molecule has 1 aromatic carbocycles. The lowest BCUT2D eigenvalue weighted by molar-refractivity contribution is 0.276. The van der Waals surface area contributed by atoms with E-state index in [-0.39, 0.29) is 12.6 Å². The number of aliphatic hydroxyl groups excluding tert-OH is 1. The molecule has 0 heterocycles. The van der Waals surface area contributed by atoms with E-state index < -0.39 is 0 Å².